The second-order valence-corrected chi connectivity index (χ2v) is 9.58. The zero-order chi connectivity index (χ0) is 20.4. The molecule has 1 aromatic carbocycles. The maximum Gasteiger partial charge on any atom is 0.223 e. The molecule has 1 spiro atoms. The van der Waals surface area contributed by atoms with E-state index in [9.17, 15) is 4.79 Å². The third-order valence-corrected chi connectivity index (χ3v) is 7.70. The molecule has 0 unspecified atom stereocenters. The molecule has 2 aliphatic rings. The second kappa shape index (κ2) is 8.63. The Hall–Kier alpha value is -2.00. The van der Waals surface area contributed by atoms with Crippen molar-refractivity contribution < 1.29 is 14.3 Å². The van der Waals surface area contributed by atoms with E-state index in [-0.39, 0.29) is 5.91 Å². The third kappa shape index (κ3) is 4.09. The van der Waals surface area contributed by atoms with Crippen LogP contribution in [-0.4, -0.2) is 58.6 Å². The number of nitrogens with zero attached hydrogens (tertiary/aromatic N) is 3. The first kappa shape index (κ1) is 19.9. The number of likely N-dealkylation sites (tertiary alicyclic amines) is 1. The number of fused-ring (bicyclic) bond motifs is 1. The minimum absolute atomic E-state index is 0.191. The largest absolute Gasteiger partial charge is 0.347 e. The van der Waals surface area contributed by atoms with Crippen LogP contribution in [0.4, 0.5) is 0 Å². The van der Waals surface area contributed by atoms with E-state index >= 15 is 0 Å². The molecule has 2 aromatic heterocycles. The van der Waals surface area contributed by atoms with Crippen LogP contribution in [0.25, 0.3) is 20.7 Å². The lowest BCUT2D eigenvalue weighted by Gasteiger charge is -2.37. The lowest BCUT2D eigenvalue weighted by molar-refractivity contribution is -0.187. The number of thioether (sulfide) groups is 1. The molecule has 0 bridgehead atoms. The summed E-state index contributed by atoms with van der Waals surface area (Å²) in [5.41, 5.74) is 1.18. The van der Waals surface area contributed by atoms with Gasteiger partial charge in [-0.15, -0.1) is 23.1 Å². The number of hydrogen-bond acceptors (Lipinski definition) is 7. The van der Waals surface area contributed by atoms with Gasteiger partial charge in [0.15, 0.2) is 5.79 Å². The van der Waals surface area contributed by atoms with Gasteiger partial charge in [0, 0.05) is 48.4 Å². The second-order valence-electron chi connectivity index (χ2n) is 7.46. The van der Waals surface area contributed by atoms with Crippen LogP contribution in [-0.2, 0) is 14.3 Å². The summed E-state index contributed by atoms with van der Waals surface area (Å²) in [6, 6.07) is 12.5. The van der Waals surface area contributed by atoms with Crippen molar-refractivity contribution in [1.82, 2.24) is 14.9 Å². The van der Waals surface area contributed by atoms with Gasteiger partial charge in [-0.25, -0.2) is 9.97 Å². The molecule has 1 amide bonds. The number of carbonyl (C=O) groups is 1. The van der Waals surface area contributed by atoms with Crippen molar-refractivity contribution in [2.24, 2.45) is 0 Å². The normalized spacial score (nSPS) is 18.3. The smallest absolute Gasteiger partial charge is 0.223 e. The Kier molecular flexibility index (Phi) is 5.73. The quantitative estimate of drug-likeness (QED) is 0.437. The predicted molar refractivity (Wildman–Crippen MR) is 119 cm³/mol. The first-order chi connectivity index (χ1) is 14.7. The van der Waals surface area contributed by atoms with Crippen LogP contribution in [0.1, 0.15) is 19.3 Å². The SMILES string of the molecule is O=C(CCSc1ncnc2sc(-c3ccccc3)cc12)N1CCC2(CC1)OCCO2. The Morgan fingerprint density at radius 1 is 1.13 bits per heavy atom. The van der Waals surface area contributed by atoms with Crippen molar-refractivity contribution in [2.45, 2.75) is 30.1 Å². The molecule has 6 nitrogen and oxygen atoms in total. The molecule has 30 heavy (non-hydrogen) atoms. The summed E-state index contributed by atoms with van der Waals surface area (Å²) in [5, 5.41) is 2.01. The standard InChI is InChI=1S/C22H23N3O3S2/c26-19(25-9-7-22(8-10-25)27-11-12-28-22)6-13-29-20-17-14-18(16-4-2-1-3-5-16)30-21(17)24-15-23-20/h1-5,14-15H,6-13H2. The van der Waals surface area contributed by atoms with Crippen molar-refractivity contribution in [3.63, 3.8) is 0 Å². The van der Waals surface area contributed by atoms with Crippen LogP contribution in [0.5, 0.6) is 0 Å². The molecule has 0 saturated carbocycles. The molecule has 2 fully saturated rings. The first-order valence-corrected chi connectivity index (χ1v) is 12.0. The summed E-state index contributed by atoms with van der Waals surface area (Å²) < 4.78 is 11.5. The summed E-state index contributed by atoms with van der Waals surface area (Å²) in [4.78, 5) is 25.7. The van der Waals surface area contributed by atoms with Gasteiger partial charge in [0.1, 0.15) is 16.2 Å². The number of benzene rings is 1. The van der Waals surface area contributed by atoms with Gasteiger partial charge in [-0.1, -0.05) is 30.3 Å². The number of aromatic nitrogens is 2. The van der Waals surface area contributed by atoms with E-state index in [1.807, 2.05) is 23.1 Å². The summed E-state index contributed by atoms with van der Waals surface area (Å²) in [6.45, 7) is 2.72. The van der Waals surface area contributed by atoms with Gasteiger partial charge in [0.25, 0.3) is 0 Å². The van der Waals surface area contributed by atoms with E-state index in [0.717, 1.165) is 28.1 Å². The van der Waals surface area contributed by atoms with Gasteiger partial charge in [-0.2, -0.15) is 0 Å². The molecule has 4 heterocycles. The van der Waals surface area contributed by atoms with Gasteiger partial charge in [-0.05, 0) is 11.6 Å². The molecule has 2 aliphatic heterocycles. The van der Waals surface area contributed by atoms with Crippen molar-refractivity contribution >= 4 is 39.2 Å². The zero-order valence-electron chi connectivity index (χ0n) is 16.6. The van der Waals surface area contributed by atoms with Gasteiger partial charge in [0.05, 0.1) is 13.2 Å². The van der Waals surface area contributed by atoms with Crippen molar-refractivity contribution in [2.75, 3.05) is 32.1 Å². The first-order valence-electron chi connectivity index (χ1n) is 10.2. The highest BCUT2D eigenvalue weighted by atomic mass is 32.2. The Morgan fingerprint density at radius 2 is 1.90 bits per heavy atom. The van der Waals surface area contributed by atoms with E-state index < -0.39 is 5.79 Å². The number of thiophene rings is 1. The molecule has 0 atom stereocenters. The van der Waals surface area contributed by atoms with Gasteiger partial charge < -0.3 is 14.4 Å². The number of amides is 1. The van der Waals surface area contributed by atoms with Crippen molar-refractivity contribution in [3.8, 4) is 10.4 Å². The number of piperidine rings is 1. The van der Waals surface area contributed by atoms with Gasteiger partial charge in [0.2, 0.25) is 5.91 Å². The van der Waals surface area contributed by atoms with E-state index in [2.05, 4.69) is 28.2 Å². The van der Waals surface area contributed by atoms with E-state index in [4.69, 9.17) is 9.47 Å². The average molecular weight is 442 g/mol. The molecule has 0 radical (unpaired) electrons. The predicted octanol–water partition coefficient (Wildman–Crippen LogP) is 4.21. The molecule has 2 saturated heterocycles. The topological polar surface area (TPSA) is 64.6 Å². The van der Waals surface area contributed by atoms with Crippen LogP contribution in [0, 0.1) is 0 Å². The highest BCUT2D eigenvalue weighted by molar-refractivity contribution is 7.99. The third-order valence-electron chi connectivity index (χ3n) is 5.60. The molecular formula is C22H23N3O3S2. The number of ether oxygens (including phenoxy) is 2. The number of hydrogen-bond donors (Lipinski definition) is 0. The maximum atomic E-state index is 12.6. The Morgan fingerprint density at radius 3 is 2.67 bits per heavy atom. The molecule has 5 rings (SSSR count). The summed E-state index contributed by atoms with van der Waals surface area (Å²) in [6.07, 6.45) is 3.63. The summed E-state index contributed by atoms with van der Waals surface area (Å²) in [5.74, 6) is 0.458. The average Bonchev–Trinajstić information content (AvgIpc) is 3.43. The fourth-order valence-electron chi connectivity index (χ4n) is 3.97. The van der Waals surface area contributed by atoms with E-state index in [1.165, 1.54) is 10.4 Å². The highest BCUT2D eigenvalue weighted by Gasteiger charge is 2.40. The lowest BCUT2D eigenvalue weighted by Crippen LogP contribution is -2.47. The van der Waals surface area contributed by atoms with Gasteiger partial charge >= 0.3 is 0 Å². The van der Waals surface area contributed by atoms with E-state index in [1.54, 1.807) is 29.4 Å². The molecule has 0 N–H and O–H groups in total. The molecule has 0 aliphatic carbocycles. The van der Waals surface area contributed by atoms with Crippen LogP contribution >= 0.6 is 23.1 Å². The fourth-order valence-corrected chi connectivity index (χ4v) is 5.94. The molecule has 156 valence electrons. The fraction of sp³-hybridized carbons (Fsp3) is 0.409. The number of carbonyl (C=O) groups excluding carboxylic acids is 1. The van der Waals surface area contributed by atoms with Crippen LogP contribution in [0.3, 0.4) is 0 Å². The minimum Gasteiger partial charge on any atom is -0.347 e. The van der Waals surface area contributed by atoms with Crippen molar-refractivity contribution in [1.29, 1.82) is 0 Å². The molecule has 3 aromatic rings. The molecular weight excluding hydrogens is 418 g/mol. The Labute approximate surface area is 183 Å². The lowest BCUT2D eigenvalue weighted by atomic mass is 10.0. The number of rotatable bonds is 5. The Bertz CT molecular complexity index is 1020. The van der Waals surface area contributed by atoms with Crippen LogP contribution in [0.15, 0.2) is 47.8 Å². The highest BCUT2D eigenvalue weighted by Crippen LogP contribution is 2.36. The van der Waals surface area contributed by atoms with Gasteiger partial charge in [-0.3, -0.25) is 4.79 Å². The zero-order valence-corrected chi connectivity index (χ0v) is 18.2. The summed E-state index contributed by atoms with van der Waals surface area (Å²) >= 11 is 3.30. The van der Waals surface area contributed by atoms with Crippen LogP contribution < -0.4 is 0 Å². The summed E-state index contributed by atoms with van der Waals surface area (Å²) in [7, 11) is 0. The van der Waals surface area contributed by atoms with E-state index in [0.29, 0.717) is 38.5 Å². The van der Waals surface area contributed by atoms with Crippen LogP contribution in [0.2, 0.25) is 0 Å². The van der Waals surface area contributed by atoms with Crippen molar-refractivity contribution in [3.05, 3.63) is 42.7 Å². The monoisotopic (exact) mass is 441 g/mol. The molecule has 8 heteroatoms. The Balaban J connectivity index is 1.19. The minimum atomic E-state index is -0.437. The maximum absolute atomic E-state index is 12.6.